The first-order valence-corrected chi connectivity index (χ1v) is 12.8. The van der Waals surface area contributed by atoms with Crippen molar-refractivity contribution in [3.05, 3.63) is 82.9 Å². The van der Waals surface area contributed by atoms with Gasteiger partial charge in [-0.1, -0.05) is 35.5 Å². The van der Waals surface area contributed by atoms with Crippen LogP contribution in [0.15, 0.2) is 54.7 Å². The number of hydrogen-bond donors (Lipinski definition) is 1. The summed E-state index contributed by atoms with van der Waals surface area (Å²) in [6.45, 7) is 3.60. The number of nitrogens with one attached hydrogen (secondary N) is 1. The lowest BCUT2D eigenvalue weighted by atomic mass is 9.72. The topological polar surface area (TPSA) is 122 Å². The number of benzene rings is 2. The van der Waals surface area contributed by atoms with Crippen LogP contribution in [0.4, 0.5) is 5.69 Å². The van der Waals surface area contributed by atoms with E-state index < -0.39 is 11.5 Å². The van der Waals surface area contributed by atoms with Crippen LogP contribution in [0.3, 0.4) is 0 Å². The molecule has 11 heteroatoms. The van der Waals surface area contributed by atoms with E-state index in [0.717, 1.165) is 23.2 Å². The molecule has 2 atom stereocenters. The first-order chi connectivity index (χ1) is 18.6. The summed E-state index contributed by atoms with van der Waals surface area (Å²) in [5.41, 5.74) is 3.11. The molecule has 3 aliphatic rings. The summed E-state index contributed by atoms with van der Waals surface area (Å²) in [4.78, 5) is 32.1. The minimum Gasteiger partial charge on any atom is -0.494 e. The molecule has 1 fully saturated rings. The van der Waals surface area contributed by atoms with Crippen LogP contribution in [-0.2, 0) is 23.3 Å². The molecule has 0 aliphatic carbocycles. The highest BCUT2D eigenvalue weighted by molar-refractivity contribution is 6.10. The lowest BCUT2D eigenvalue weighted by Gasteiger charge is -2.35. The highest BCUT2D eigenvalue weighted by atomic mass is 16.5. The van der Waals surface area contributed by atoms with E-state index in [1.165, 1.54) is 0 Å². The zero-order valence-electron chi connectivity index (χ0n) is 20.9. The zero-order valence-corrected chi connectivity index (χ0v) is 20.9. The molecule has 7 rings (SSSR count). The molecular weight excluding hydrogens is 484 g/mol. The summed E-state index contributed by atoms with van der Waals surface area (Å²) < 4.78 is 7.88. The van der Waals surface area contributed by atoms with Crippen molar-refractivity contribution in [3.63, 3.8) is 0 Å². The fourth-order valence-corrected chi connectivity index (χ4v) is 6.22. The number of amides is 2. The van der Waals surface area contributed by atoms with Gasteiger partial charge < -0.3 is 14.5 Å². The average molecular weight is 511 g/mol. The molecule has 3 aliphatic heterocycles. The summed E-state index contributed by atoms with van der Waals surface area (Å²) in [5, 5.41) is 19.3. The third-order valence-electron chi connectivity index (χ3n) is 7.89. The third kappa shape index (κ3) is 3.27. The molecule has 38 heavy (non-hydrogen) atoms. The first kappa shape index (κ1) is 22.6. The molecule has 2 amide bonds. The standard InChI is InChI=1S/C27H26N8O3/c1-17-23(30-31-28-17)25(36)34-12-10-27-21-8-2-3-9-22(21)35(26(27)37)16-19-15-33(32-29-19)11-5-13-38-20-7-4-6-18(14-20)24(27)34/h2-4,6-9,14-15,24H,5,10-13,16H2,1H3,(H,28,30,31)/t24-,27+/m0/s1. The van der Waals surface area contributed by atoms with Gasteiger partial charge in [0.15, 0.2) is 5.69 Å². The minimum absolute atomic E-state index is 0.0494. The van der Waals surface area contributed by atoms with Gasteiger partial charge in [-0.05, 0) is 42.7 Å². The monoisotopic (exact) mass is 510 g/mol. The lowest BCUT2D eigenvalue weighted by Crippen LogP contribution is -2.45. The van der Waals surface area contributed by atoms with Gasteiger partial charge in [-0.2, -0.15) is 15.4 Å². The molecule has 1 N–H and O–H groups in total. The first-order valence-electron chi connectivity index (χ1n) is 12.8. The number of carbonyl (C=O) groups is 2. The maximum atomic E-state index is 14.6. The van der Waals surface area contributed by atoms with E-state index >= 15 is 0 Å². The number of H-pyrrole nitrogens is 1. The molecule has 1 spiro atoms. The Balaban J connectivity index is 1.43. The van der Waals surface area contributed by atoms with Crippen LogP contribution in [0.5, 0.6) is 5.75 Å². The van der Waals surface area contributed by atoms with Crippen molar-refractivity contribution in [1.29, 1.82) is 0 Å². The Labute approximate surface area is 218 Å². The number of aromatic amines is 1. The normalized spacial score (nSPS) is 22.3. The second-order valence-corrected chi connectivity index (χ2v) is 10.0. The predicted octanol–water partition coefficient (Wildman–Crippen LogP) is 2.56. The lowest BCUT2D eigenvalue weighted by molar-refractivity contribution is -0.124. The van der Waals surface area contributed by atoms with E-state index in [1.54, 1.807) is 21.4 Å². The van der Waals surface area contributed by atoms with Crippen LogP contribution in [-0.4, -0.2) is 60.3 Å². The van der Waals surface area contributed by atoms with Crippen molar-refractivity contribution < 1.29 is 14.3 Å². The van der Waals surface area contributed by atoms with Gasteiger partial charge in [-0.3, -0.25) is 14.3 Å². The fourth-order valence-electron chi connectivity index (χ4n) is 6.22. The maximum absolute atomic E-state index is 14.6. The van der Waals surface area contributed by atoms with E-state index in [0.29, 0.717) is 49.8 Å². The van der Waals surface area contributed by atoms with Crippen LogP contribution < -0.4 is 9.64 Å². The molecule has 4 aromatic rings. The van der Waals surface area contributed by atoms with Crippen molar-refractivity contribution in [3.8, 4) is 5.75 Å². The molecule has 5 heterocycles. The SMILES string of the molecule is Cc1n[nH]nc1C(=O)N1CC[C@]23C(=O)N(Cc4cn(nn4)CCCOc4cccc(c4)[C@H]12)c1ccccc13. The van der Waals surface area contributed by atoms with Crippen molar-refractivity contribution in [2.45, 2.75) is 44.3 Å². The molecular formula is C27H26N8O3. The molecule has 0 radical (unpaired) electrons. The van der Waals surface area contributed by atoms with Gasteiger partial charge in [0.1, 0.15) is 16.9 Å². The predicted molar refractivity (Wildman–Crippen MR) is 135 cm³/mol. The number of anilines is 1. The van der Waals surface area contributed by atoms with Crippen molar-refractivity contribution >= 4 is 17.5 Å². The Hall–Kier alpha value is -4.54. The van der Waals surface area contributed by atoms with Gasteiger partial charge in [0.2, 0.25) is 5.91 Å². The number of nitrogens with zero attached hydrogens (tertiary/aromatic N) is 7. The van der Waals surface area contributed by atoms with Crippen molar-refractivity contribution in [1.82, 2.24) is 35.3 Å². The Morgan fingerprint density at radius 3 is 2.89 bits per heavy atom. The molecule has 0 unspecified atom stereocenters. The number of rotatable bonds is 1. The molecule has 0 saturated carbocycles. The smallest absolute Gasteiger partial charge is 0.276 e. The minimum atomic E-state index is -0.974. The number of aryl methyl sites for hydroxylation is 2. The summed E-state index contributed by atoms with van der Waals surface area (Å²) in [6.07, 6.45) is 3.11. The van der Waals surface area contributed by atoms with Gasteiger partial charge in [0, 0.05) is 25.2 Å². The Morgan fingerprint density at radius 2 is 2.03 bits per heavy atom. The van der Waals surface area contributed by atoms with Crippen LogP contribution in [0.2, 0.25) is 0 Å². The maximum Gasteiger partial charge on any atom is 0.276 e. The Kier molecular flexibility index (Phi) is 5.07. The number of hydrogen-bond acceptors (Lipinski definition) is 7. The summed E-state index contributed by atoms with van der Waals surface area (Å²) in [5.74, 6) is 0.389. The van der Waals surface area contributed by atoms with Gasteiger partial charge in [-0.25, -0.2) is 0 Å². The summed E-state index contributed by atoms with van der Waals surface area (Å²) in [7, 11) is 0. The number of fused-ring (bicyclic) bond motifs is 8. The van der Waals surface area contributed by atoms with Crippen LogP contribution in [0, 0.1) is 6.92 Å². The quantitative estimate of drug-likeness (QED) is 0.418. The van der Waals surface area contributed by atoms with E-state index in [4.69, 9.17) is 4.74 Å². The van der Waals surface area contributed by atoms with Crippen LogP contribution in [0.25, 0.3) is 0 Å². The molecule has 1 saturated heterocycles. The molecule has 2 aromatic carbocycles. The second kappa shape index (κ2) is 8.51. The molecule has 6 bridgehead atoms. The summed E-state index contributed by atoms with van der Waals surface area (Å²) >= 11 is 0. The van der Waals surface area contributed by atoms with E-state index in [9.17, 15) is 9.59 Å². The van der Waals surface area contributed by atoms with Gasteiger partial charge >= 0.3 is 0 Å². The fraction of sp³-hybridized carbons (Fsp3) is 0.333. The number of carbonyl (C=O) groups excluding carboxylic acids is 2. The largest absolute Gasteiger partial charge is 0.494 e. The molecule has 192 valence electrons. The van der Waals surface area contributed by atoms with Gasteiger partial charge in [0.05, 0.1) is 31.1 Å². The third-order valence-corrected chi connectivity index (χ3v) is 7.89. The highest BCUT2D eigenvalue weighted by Gasteiger charge is 2.62. The highest BCUT2D eigenvalue weighted by Crippen LogP contribution is 2.57. The van der Waals surface area contributed by atoms with Crippen molar-refractivity contribution in [2.24, 2.45) is 0 Å². The van der Waals surface area contributed by atoms with E-state index in [2.05, 4.69) is 25.7 Å². The summed E-state index contributed by atoms with van der Waals surface area (Å²) in [6, 6.07) is 15.1. The Morgan fingerprint density at radius 1 is 1.13 bits per heavy atom. The van der Waals surface area contributed by atoms with E-state index in [-0.39, 0.29) is 17.5 Å². The molecule has 2 aromatic heterocycles. The average Bonchev–Trinajstić information content (AvgIpc) is 3.70. The number of aromatic nitrogens is 6. The van der Waals surface area contributed by atoms with Gasteiger partial charge in [0.25, 0.3) is 5.91 Å². The van der Waals surface area contributed by atoms with Gasteiger partial charge in [-0.15, -0.1) is 5.10 Å². The van der Waals surface area contributed by atoms with Crippen LogP contribution >= 0.6 is 0 Å². The number of likely N-dealkylation sites (tertiary alicyclic amines) is 1. The molecule has 11 nitrogen and oxygen atoms in total. The number of ether oxygens (including phenoxy) is 1. The zero-order chi connectivity index (χ0) is 25.9. The van der Waals surface area contributed by atoms with Crippen molar-refractivity contribution in [2.75, 3.05) is 18.1 Å². The second-order valence-electron chi connectivity index (χ2n) is 10.0. The van der Waals surface area contributed by atoms with E-state index in [1.807, 2.05) is 54.7 Å². The van der Waals surface area contributed by atoms with Crippen LogP contribution in [0.1, 0.15) is 51.9 Å². The number of para-hydroxylation sites is 1. The Bertz CT molecular complexity index is 1560.